The van der Waals surface area contributed by atoms with Crippen LogP contribution in [0.4, 0.5) is 0 Å². The molecule has 2 aromatic rings. The van der Waals surface area contributed by atoms with Gasteiger partial charge in [0.25, 0.3) is 0 Å². The van der Waals surface area contributed by atoms with Crippen LogP contribution in [0.2, 0.25) is 0 Å². The molecule has 21 heavy (non-hydrogen) atoms. The normalized spacial score (nSPS) is 12.2. The van der Waals surface area contributed by atoms with Gasteiger partial charge in [-0.2, -0.15) is 0 Å². The monoisotopic (exact) mass is 306 g/mol. The molecule has 1 unspecified atom stereocenters. The Morgan fingerprint density at radius 2 is 1.76 bits per heavy atom. The lowest BCUT2D eigenvalue weighted by molar-refractivity contribution is 0.392. The predicted octanol–water partition coefficient (Wildman–Crippen LogP) is 3.48. The Hall–Kier alpha value is -1.59. The highest BCUT2D eigenvalue weighted by atomic mass is 32.1. The molecule has 1 aromatic heterocycles. The van der Waals surface area contributed by atoms with Gasteiger partial charge < -0.3 is 14.8 Å². The zero-order valence-electron chi connectivity index (χ0n) is 13.2. The molecule has 1 aromatic carbocycles. The predicted molar refractivity (Wildman–Crippen MR) is 86.7 cm³/mol. The number of thiazole rings is 1. The van der Waals surface area contributed by atoms with Crippen molar-refractivity contribution in [2.24, 2.45) is 0 Å². The van der Waals surface area contributed by atoms with Gasteiger partial charge in [0.15, 0.2) is 0 Å². The van der Waals surface area contributed by atoms with Crippen LogP contribution in [0.15, 0.2) is 18.2 Å². The Morgan fingerprint density at radius 3 is 2.19 bits per heavy atom. The summed E-state index contributed by atoms with van der Waals surface area (Å²) in [7, 11) is 3.34. The van der Waals surface area contributed by atoms with Crippen LogP contribution in [0.3, 0.4) is 0 Å². The minimum Gasteiger partial charge on any atom is -0.497 e. The van der Waals surface area contributed by atoms with Crippen LogP contribution < -0.4 is 14.8 Å². The molecule has 0 bridgehead atoms. The number of benzene rings is 1. The molecule has 2 rings (SSSR count). The van der Waals surface area contributed by atoms with Gasteiger partial charge in [-0.15, -0.1) is 11.3 Å². The third-order valence-corrected chi connectivity index (χ3v) is 4.45. The maximum atomic E-state index is 5.38. The third kappa shape index (κ3) is 3.54. The smallest absolute Gasteiger partial charge is 0.122 e. The second kappa shape index (κ2) is 6.91. The van der Waals surface area contributed by atoms with E-state index in [0.29, 0.717) is 0 Å². The number of aromatic nitrogens is 1. The summed E-state index contributed by atoms with van der Waals surface area (Å²) in [5.41, 5.74) is 2.20. The number of ether oxygens (including phenoxy) is 2. The fourth-order valence-electron chi connectivity index (χ4n) is 2.38. The van der Waals surface area contributed by atoms with Crippen molar-refractivity contribution >= 4 is 11.3 Å². The third-order valence-electron chi connectivity index (χ3n) is 3.32. The van der Waals surface area contributed by atoms with E-state index in [-0.39, 0.29) is 6.04 Å². The van der Waals surface area contributed by atoms with Gasteiger partial charge in [0.1, 0.15) is 11.5 Å². The van der Waals surface area contributed by atoms with E-state index in [0.717, 1.165) is 34.3 Å². The lowest BCUT2D eigenvalue weighted by Crippen LogP contribution is -2.22. The number of hydrogen-bond acceptors (Lipinski definition) is 5. The molecule has 1 heterocycles. The summed E-state index contributed by atoms with van der Waals surface area (Å²) in [6.45, 7) is 7.07. The van der Waals surface area contributed by atoms with Crippen molar-refractivity contribution in [2.75, 3.05) is 20.8 Å². The second-order valence-corrected chi connectivity index (χ2v) is 6.05. The molecule has 0 aliphatic rings. The molecule has 0 aliphatic heterocycles. The number of nitrogens with one attached hydrogen (secondary N) is 1. The minimum absolute atomic E-state index is 0.102. The molecule has 0 radical (unpaired) electrons. The fraction of sp³-hybridized carbons (Fsp3) is 0.438. The zero-order chi connectivity index (χ0) is 15.4. The average molecular weight is 306 g/mol. The Kier molecular flexibility index (Phi) is 5.20. The van der Waals surface area contributed by atoms with Crippen molar-refractivity contribution in [3.8, 4) is 11.5 Å². The Labute approximate surface area is 130 Å². The van der Waals surface area contributed by atoms with Crippen molar-refractivity contribution in [1.29, 1.82) is 0 Å². The molecule has 0 spiro atoms. The van der Waals surface area contributed by atoms with Crippen molar-refractivity contribution < 1.29 is 9.47 Å². The van der Waals surface area contributed by atoms with Gasteiger partial charge in [0, 0.05) is 10.9 Å². The van der Waals surface area contributed by atoms with E-state index < -0.39 is 0 Å². The van der Waals surface area contributed by atoms with E-state index in [1.165, 1.54) is 4.88 Å². The molecule has 0 saturated heterocycles. The Bertz CT molecular complexity index is 588. The van der Waals surface area contributed by atoms with Crippen molar-refractivity contribution in [2.45, 2.75) is 26.8 Å². The summed E-state index contributed by atoms with van der Waals surface area (Å²) < 4.78 is 10.8. The van der Waals surface area contributed by atoms with Gasteiger partial charge in [0.2, 0.25) is 0 Å². The first-order valence-corrected chi connectivity index (χ1v) is 7.81. The van der Waals surface area contributed by atoms with E-state index in [4.69, 9.17) is 9.47 Å². The summed E-state index contributed by atoms with van der Waals surface area (Å²) in [5, 5.41) is 4.61. The number of methoxy groups -OCH3 is 2. The van der Waals surface area contributed by atoms with Crippen LogP contribution in [0, 0.1) is 13.8 Å². The topological polar surface area (TPSA) is 43.4 Å². The lowest BCUT2D eigenvalue weighted by atomic mass is 10.0. The molecule has 0 saturated carbocycles. The molecule has 114 valence electrons. The SMILES string of the molecule is CCNC(c1cc(OC)cc(OC)c1)c1sc(C)nc1C. The first-order valence-electron chi connectivity index (χ1n) is 6.99. The first-order chi connectivity index (χ1) is 10.1. The summed E-state index contributed by atoms with van der Waals surface area (Å²) in [5.74, 6) is 1.59. The van der Waals surface area contributed by atoms with Crippen LogP contribution in [-0.4, -0.2) is 25.7 Å². The van der Waals surface area contributed by atoms with E-state index in [2.05, 4.69) is 24.1 Å². The second-order valence-electron chi connectivity index (χ2n) is 4.82. The maximum absolute atomic E-state index is 5.38. The van der Waals surface area contributed by atoms with E-state index in [1.807, 2.05) is 25.1 Å². The number of hydrogen-bond donors (Lipinski definition) is 1. The largest absolute Gasteiger partial charge is 0.497 e. The Balaban J connectivity index is 2.49. The molecule has 4 nitrogen and oxygen atoms in total. The summed E-state index contributed by atoms with van der Waals surface area (Å²) in [4.78, 5) is 5.78. The quantitative estimate of drug-likeness (QED) is 0.887. The van der Waals surface area contributed by atoms with Crippen molar-refractivity contribution in [3.05, 3.63) is 39.3 Å². The van der Waals surface area contributed by atoms with Crippen molar-refractivity contribution in [1.82, 2.24) is 10.3 Å². The molecule has 1 N–H and O–H groups in total. The number of aryl methyl sites for hydroxylation is 2. The average Bonchev–Trinajstić information content (AvgIpc) is 2.82. The number of nitrogens with zero attached hydrogens (tertiary/aromatic N) is 1. The molecule has 0 amide bonds. The minimum atomic E-state index is 0.102. The van der Waals surface area contributed by atoms with Gasteiger partial charge in [-0.1, -0.05) is 6.92 Å². The number of rotatable bonds is 6. The lowest BCUT2D eigenvalue weighted by Gasteiger charge is -2.19. The summed E-state index contributed by atoms with van der Waals surface area (Å²) in [6.07, 6.45) is 0. The van der Waals surface area contributed by atoms with Gasteiger partial charge in [-0.3, -0.25) is 0 Å². The molecule has 1 atom stereocenters. The molecule has 5 heteroatoms. The summed E-state index contributed by atoms with van der Waals surface area (Å²) in [6, 6.07) is 6.08. The van der Waals surface area contributed by atoms with Crippen LogP contribution in [0.25, 0.3) is 0 Å². The molecular weight excluding hydrogens is 284 g/mol. The Morgan fingerprint density at radius 1 is 1.14 bits per heavy atom. The maximum Gasteiger partial charge on any atom is 0.122 e. The molecule has 0 fully saturated rings. The van der Waals surface area contributed by atoms with Gasteiger partial charge in [-0.25, -0.2) is 4.98 Å². The van der Waals surface area contributed by atoms with Crippen LogP contribution in [0.1, 0.15) is 34.1 Å². The van der Waals surface area contributed by atoms with Gasteiger partial charge >= 0.3 is 0 Å². The van der Waals surface area contributed by atoms with Crippen LogP contribution in [-0.2, 0) is 0 Å². The highest BCUT2D eigenvalue weighted by Crippen LogP contribution is 2.34. The van der Waals surface area contributed by atoms with E-state index in [1.54, 1.807) is 25.6 Å². The van der Waals surface area contributed by atoms with Crippen LogP contribution >= 0.6 is 11.3 Å². The van der Waals surface area contributed by atoms with Gasteiger partial charge in [-0.05, 0) is 38.1 Å². The zero-order valence-corrected chi connectivity index (χ0v) is 14.0. The first kappa shape index (κ1) is 15.8. The van der Waals surface area contributed by atoms with Gasteiger partial charge in [0.05, 0.1) is 31.0 Å². The van der Waals surface area contributed by atoms with Crippen LogP contribution in [0.5, 0.6) is 11.5 Å². The highest BCUT2D eigenvalue weighted by Gasteiger charge is 2.20. The fourth-order valence-corrected chi connectivity index (χ4v) is 3.41. The van der Waals surface area contributed by atoms with E-state index in [9.17, 15) is 0 Å². The standard InChI is InChI=1S/C16H22N2O2S/c1-6-17-15(16-10(2)18-11(3)21-16)12-7-13(19-4)9-14(8-12)20-5/h7-9,15,17H,6H2,1-5H3. The summed E-state index contributed by atoms with van der Waals surface area (Å²) >= 11 is 1.73. The molecule has 0 aliphatic carbocycles. The highest BCUT2D eigenvalue weighted by molar-refractivity contribution is 7.11. The van der Waals surface area contributed by atoms with E-state index >= 15 is 0 Å². The van der Waals surface area contributed by atoms with Crippen molar-refractivity contribution in [3.63, 3.8) is 0 Å². The molecular formula is C16H22N2O2S.